The standard InChI is InChI=1S/C24H33N5O/c1-19-6-2-3-7-20(19)18-27-14-9-21(10-15-27)28-12-5-13-29(17-16-28)22-8-4-11-26-23(22)24(25)30/h2-4,6-8,11,21H,5,9-10,12-18H2,1H3,(H2,25,30). The molecule has 0 atom stereocenters. The fraction of sp³-hybridized carbons (Fsp3) is 0.500. The van der Waals surface area contributed by atoms with Gasteiger partial charge in [0.15, 0.2) is 5.69 Å². The third-order valence-electron chi connectivity index (χ3n) is 6.62. The van der Waals surface area contributed by atoms with Crippen molar-refractivity contribution in [3.05, 3.63) is 59.4 Å². The number of aryl methyl sites for hydroxylation is 1. The van der Waals surface area contributed by atoms with E-state index < -0.39 is 5.91 Å². The van der Waals surface area contributed by atoms with Gasteiger partial charge in [0.1, 0.15) is 0 Å². The number of aromatic nitrogens is 1. The summed E-state index contributed by atoms with van der Waals surface area (Å²) in [5.74, 6) is -0.451. The summed E-state index contributed by atoms with van der Waals surface area (Å²) in [6.07, 6.45) is 5.19. The van der Waals surface area contributed by atoms with Gasteiger partial charge >= 0.3 is 0 Å². The van der Waals surface area contributed by atoms with Gasteiger partial charge in [-0.1, -0.05) is 24.3 Å². The van der Waals surface area contributed by atoms with Gasteiger partial charge in [-0.15, -0.1) is 0 Å². The zero-order valence-corrected chi connectivity index (χ0v) is 18.0. The Morgan fingerprint density at radius 3 is 2.60 bits per heavy atom. The number of primary amides is 1. The first kappa shape index (κ1) is 20.8. The Labute approximate surface area is 179 Å². The second-order valence-electron chi connectivity index (χ2n) is 8.55. The molecule has 2 aliphatic rings. The Morgan fingerprint density at radius 2 is 1.83 bits per heavy atom. The van der Waals surface area contributed by atoms with E-state index >= 15 is 0 Å². The number of benzene rings is 1. The predicted molar refractivity (Wildman–Crippen MR) is 121 cm³/mol. The van der Waals surface area contributed by atoms with Crippen LogP contribution in [0.3, 0.4) is 0 Å². The van der Waals surface area contributed by atoms with Crippen LogP contribution in [0.25, 0.3) is 0 Å². The highest BCUT2D eigenvalue weighted by molar-refractivity contribution is 5.96. The number of likely N-dealkylation sites (tertiary alicyclic amines) is 1. The van der Waals surface area contributed by atoms with Crippen molar-refractivity contribution in [2.24, 2.45) is 5.73 Å². The fourth-order valence-electron chi connectivity index (χ4n) is 4.86. The molecule has 160 valence electrons. The molecule has 1 aromatic heterocycles. The van der Waals surface area contributed by atoms with Crippen molar-refractivity contribution in [1.82, 2.24) is 14.8 Å². The number of hydrogen-bond donors (Lipinski definition) is 1. The van der Waals surface area contributed by atoms with E-state index in [4.69, 9.17) is 5.73 Å². The quantitative estimate of drug-likeness (QED) is 0.826. The summed E-state index contributed by atoms with van der Waals surface area (Å²) in [7, 11) is 0. The molecule has 0 saturated carbocycles. The number of nitrogens with zero attached hydrogens (tertiary/aromatic N) is 4. The highest BCUT2D eigenvalue weighted by Gasteiger charge is 2.27. The second kappa shape index (κ2) is 9.58. The van der Waals surface area contributed by atoms with Gasteiger partial charge in [0.25, 0.3) is 5.91 Å². The van der Waals surface area contributed by atoms with Crippen LogP contribution in [0.1, 0.15) is 40.9 Å². The van der Waals surface area contributed by atoms with Crippen LogP contribution in [0.4, 0.5) is 5.69 Å². The molecule has 2 saturated heterocycles. The summed E-state index contributed by atoms with van der Waals surface area (Å²) in [5.41, 5.74) is 9.63. The van der Waals surface area contributed by atoms with Gasteiger partial charge in [0.2, 0.25) is 0 Å². The molecule has 0 spiro atoms. The van der Waals surface area contributed by atoms with E-state index in [0.29, 0.717) is 11.7 Å². The van der Waals surface area contributed by atoms with E-state index in [1.165, 1.54) is 24.0 Å². The number of carbonyl (C=O) groups excluding carboxylic acids is 1. The molecule has 4 rings (SSSR count). The Balaban J connectivity index is 1.32. The molecule has 2 aromatic rings. The molecular weight excluding hydrogens is 374 g/mol. The molecular formula is C24H33N5O. The minimum absolute atomic E-state index is 0.385. The van der Waals surface area contributed by atoms with Crippen LogP contribution in [0, 0.1) is 6.92 Å². The van der Waals surface area contributed by atoms with Crippen LogP contribution in [0.15, 0.2) is 42.6 Å². The molecule has 2 fully saturated rings. The summed E-state index contributed by atoms with van der Waals surface area (Å²) in [6, 6.07) is 13.2. The molecule has 30 heavy (non-hydrogen) atoms. The van der Waals surface area contributed by atoms with Crippen LogP contribution in [-0.4, -0.2) is 66.0 Å². The van der Waals surface area contributed by atoms with Crippen molar-refractivity contribution in [2.45, 2.75) is 38.8 Å². The fourth-order valence-corrected chi connectivity index (χ4v) is 4.86. The van der Waals surface area contributed by atoms with E-state index in [1.54, 1.807) is 6.20 Å². The van der Waals surface area contributed by atoms with E-state index in [1.807, 2.05) is 12.1 Å². The Morgan fingerprint density at radius 1 is 1.03 bits per heavy atom. The van der Waals surface area contributed by atoms with E-state index in [9.17, 15) is 4.79 Å². The molecule has 0 unspecified atom stereocenters. The third kappa shape index (κ3) is 4.82. The number of rotatable bonds is 5. The monoisotopic (exact) mass is 407 g/mol. The minimum atomic E-state index is -0.451. The Kier molecular flexibility index (Phi) is 6.65. The molecule has 6 nitrogen and oxygen atoms in total. The van der Waals surface area contributed by atoms with Crippen molar-refractivity contribution in [2.75, 3.05) is 44.2 Å². The maximum absolute atomic E-state index is 11.8. The van der Waals surface area contributed by atoms with Crippen molar-refractivity contribution in [1.29, 1.82) is 0 Å². The predicted octanol–water partition coefficient (Wildman–Crippen LogP) is 2.67. The van der Waals surface area contributed by atoms with Gasteiger partial charge in [-0.2, -0.15) is 0 Å². The number of anilines is 1. The lowest BCUT2D eigenvalue weighted by atomic mass is 10.0. The zero-order valence-electron chi connectivity index (χ0n) is 18.0. The van der Waals surface area contributed by atoms with Crippen LogP contribution >= 0.6 is 0 Å². The number of piperidine rings is 1. The summed E-state index contributed by atoms with van der Waals surface area (Å²) < 4.78 is 0. The van der Waals surface area contributed by atoms with Crippen LogP contribution in [-0.2, 0) is 6.54 Å². The second-order valence-corrected chi connectivity index (χ2v) is 8.55. The summed E-state index contributed by atoms with van der Waals surface area (Å²) in [4.78, 5) is 23.5. The molecule has 3 heterocycles. The lowest BCUT2D eigenvalue weighted by Crippen LogP contribution is -2.46. The topological polar surface area (TPSA) is 65.7 Å². The van der Waals surface area contributed by atoms with Crippen molar-refractivity contribution in [3.63, 3.8) is 0 Å². The largest absolute Gasteiger partial charge is 0.368 e. The number of amides is 1. The first-order valence-electron chi connectivity index (χ1n) is 11.1. The van der Waals surface area contributed by atoms with Gasteiger partial charge in [-0.3, -0.25) is 14.6 Å². The van der Waals surface area contributed by atoms with E-state index in [-0.39, 0.29) is 0 Å². The summed E-state index contributed by atoms with van der Waals surface area (Å²) in [6.45, 7) is 9.58. The third-order valence-corrected chi connectivity index (χ3v) is 6.62. The maximum atomic E-state index is 11.8. The van der Waals surface area contributed by atoms with Crippen LogP contribution < -0.4 is 10.6 Å². The number of carbonyl (C=O) groups is 1. The molecule has 0 aliphatic carbocycles. The van der Waals surface area contributed by atoms with Gasteiger partial charge in [-0.25, -0.2) is 4.98 Å². The lowest BCUT2D eigenvalue weighted by Gasteiger charge is -2.38. The molecule has 1 aromatic carbocycles. The molecule has 0 radical (unpaired) electrons. The summed E-state index contributed by atoms with van der Waals surface area (Å²) in [5, 5.41) is 0. The molecule has 2 N–H and O–H groups in total. The van der Waals surface area contributed by atoms with E-state index in [0.717, 1.165) is 57.9 Å². The van der Waals surface area contributed by atoms with Crippen LogP contribution in [0.5, 0.6) is 0 Å². The number of nitrogens with two attached hydrogens (primary N) is 1. The molecule has 0 bridgehead atoms. The SMILES string of the molecule is Cc1ccccc1CN1CCC(N2CCCN(c3cccnc3C(N)=O)CC2)CC1. The summed E-state index contributed by atoms with van der Waals surface area (Å²) >= 11 is 0. The average molecular weight is 408 g/mol. The number of hydrogen-bond acceptors (Lipinski definition) is 5. The van der Waals surface area contributed by atoms with Crippen molar-refractivity contribution in [3.8, 4) is 0 Å². The zero-order chi connectivity index (χ0) is 20.9. The van der Waals surface area contributed by atoms with Gasteiger partial charge in [0, 0.05) is 45.0 Å². The van der Waals surface area contributed by atoms with Gasteiger partial charge in [0.05, 0.1) is 5.69 Å². The molecule has 6 heteroatoms. The van der Waals surface area contributed by atoms with Crippen molar-refractivity contribution >= 4 is 11.6 Å². The smallest absolute Gasteiger partial charge is 0.269 e. The van der Waals surface area contributed by atoms with E-state index in [2.05, 4.69) is 50.9 Å². The Bertz CT molecular complexity index is 862. The highest BCUT2D eigenvalue weighted by atomic mass is 16.1. The van der Waals surface area contributed by atoms with Gasteiger partial charge in [-0.05, 0) is 62.5 Å². The maximum Gasteiger partial charge on any atom is 0.269 e. The van der Waals surface area contributed by atoms with Crippen molar-refractivity contribution < 1.29 is 4.79 Å². The first-order valence-corrected chi connectivity index (χ1v) is 11.1. The molecule has 1 amide bonds. The normalized spacial score (nSPS) is 19.6. The number of pyridine rings is 1. The highest BCUT2D eigenvalue weighted by Crippen LogP contribution is 2.24. The Hall–Kier alpha value is -2.44. The molecule has 2 aliphatic heterocycles. The van der Waals surface area contributed by atoms with Gasteiger partial charge < -0.3 is 10.6 Å². The average Bonchev–Trinajstić information content (AvgIpc) is 3.02. The van der Waals surface area contributed by atoms with Crippen LogP contribution in [0.2, 0.25) is 0 Å². The lowest BCUT2D eigenvalue weighted by molar-refractivity contribution is 0.0996. The minimum Gasteiger partial charge on any atom is -0.368 e. The first-order chi connectivity index (χ1) is 14.6.